The number of hydrogen-bond donors (Lipinski definition) is 1. The molecule has 1 saturated carbocycles. The van der Waals surface area contributed by atoms with Crippen LogP contribution in [0, 0.1) is 6.92 Å². The number of ketones is 1. The van der Waals surface area contributed by atoms with Gasteiger partial charge in [-0.3, -0.25) is 14.2 Å². The van der Waals surface area contributed by atoms with Gasteiger partial charge in [-0.25, -0.2) is 9.78 Å². The predicted molar refractivity (Wildman–Crippen MR) is 156 cm³/mol. The number of hydrogen-bond acceptors (Lipinski definition) is 8. The quantitative estimate of drug-likeness (QED) is 0.434. The van der Waals surface area contributed by atoms with E-state index in [9.17, 15) is 14.4 Å². The van der Waals surface area contributed by atoms with E-state index < -0.39 is 5.60 Å². The van der Waals surface area contributed by atoms with Crippen LogP contribution in [0.1, 0.15) is 75.3 Å². The summed E-state index contributed by atoms with van der Waals surface area (Å²) in [5, 5.41) is 4.00. The van der Waals surface area contributed by atoms with Crippen LogP contribution in [0.2, 0.25) is 0 Å². The van der Waals surface area contributed by atoms with Gasteiger partial charge in [0.15, 0.2) is 5.78 Å². The van der Waals surface area contributed by atoms with E-state index in [0.29, 0.717) is 30.2 Å². The molecule has 0 atom stereocenters. The molecule has 1 saturated heterocycles. The summed E-state index contributed by atoms with van der Waals surface area (Å²) in [4.78, 5) is 51.4. The van der Waals surface area contributed by atoms with Crippen LogP contribution in [-0.2, 0) is 4.74 Å². The molecule has 10 nitrogen and oxygen atoms in total. The highest BCUT2D eigenvalue weighted by atomic mass is 16.6. The zero-order valence-corrected chi connectivity index (χ0v) is 24.0. The standard InChI is InChI=1S/C30H38N6O4/c1-19-24-18-31-28(33-26(24)36(23-8-6-7-9-23)27(38)25(19)20(2)37)32-21-10-12-22(13-11-21)34-14-16-35(17-15-34)29(39)40-30(3,4)5/h10-13,18,23H,6-9,14-17H2,1-5H3,(H,31,32,33). The zero-order valence-electron chi connectivity index (χ0n) is 24.0. The molecule has 0 unspecified atom stereocenters. The molecular weight excluding hydrogens is 508 g/mol. The highest BCUT2D eigenvalue weighted by Crippen LogP contribution is 2.32. The van der Waals surface area contributed by atoms with Crippen molar-refractivity contribution in [2.45, 2.75) is 71.9 Å². The van der Waals surface area contributed by atoms with E-state index in [-0.39, 0.29) is 29.0 Å². The molecule has 5 rings (SSSR count). The van der Waals surface area contributed by atoms with Crippen LogP contribution >= 0.6 is 0 Å². The van der Waals surface area contributed by atoms with Crippen LogP contribution < -0.4 is 15.8 Å². The van der Waals surface area contributed by atoms with Crippen LogP contribution in [0.15, 0.2) is 35.3 Å². The molecule has 2 fully saturated rings. The fourth-order valence-electron chi connectivity index (χ4n) is 5.67. The van der Waals surface area contributed by atoms with E-state index in [2.05, 4.69) is 15.2 Å². The molecule has 1 aliphatic heterocycles. The summed E-state index contributed by atoms with van der Waals surface area (Å²) >= 11 is 0. The number of anilines is 3. The van der Waals surface area contributed by atoms with E-state index in [1.54, 1.807) is 22.6 Å². The maximum Gasteiger partial charge on any atom is 0.410 e. The van der Waals surface area contributed by atoms with Gasteiger partial charge in [0.05, 0.1) is 5.56 Å². The van der Waals surface area contributed by atoms with Gasteiger partial charge in [0.1, 0.15) is 11.2 Å². The molecule has 2 aliphatic rings. The van der Waals surface area contributed by atoms with E-state index in [0.717, 1.165) is 55.5 Å². The normalized spacial score (nSPS) is 16.4. The molecule has 2 aromatic heterocycles. The summed E-state index contributed by atoms with van der Waals surface area (Å²) in [5.74, 6) is 0.164. The first-order valence-corrected chi connectivity index (χ1v) is 14.0. The number of nitrogens with zero attached hydrogens (tertiary/aromatic N) is 5. The number of carbonyl (C=O) groups is 2. The number of aromatic nitrogens is 3. The molecule has 3 aromatic rings. The van der Waals surface area contributed by atoms with Gasteiger partial charge in [0.2, 0.25) is 5.95 Å². The molecule has 1 amide bonds. The lowest BCUT2D eigenvalue weighted by atomic mass is 10.0. The van der Waals surface area contributed by atoms with Crippen LogP contribution in [0.4, 0.5) is 22.1 Å². The minimum Gasteiger partial charge on any atom is -0.444 e. The second-order valence-corrected chi connectivity index (χ2v) is 11.7. The van der Waals surface area contributed by atoms with E-state index in [4.69, 9.17) is 9.72 Å². The van der Waals surface area contributed by atoms with Crippen molar-refractivity contribution in [1.29, 1.82) is 0 Å². The first-order chi connectivity index (χ1) is 19.0. The van der Waals surface area contributed by atoms with Gasteiger partial charge in [-0.05, 0) is 77.3 Å². The SMILES string of the molecule is CC(=O)c1c(C)c2cnc(Nc3ccc(N4CCN(C(=O)OC(C)(C)C)CC4)cc3)nc2n(C2CCCC2)c1=O. The van der Waals surface area contributed by atoms with Gasteiger partial charge in [-0.15, -0.1) is 0 Å². The molecule has 0 spiro atoms. The number of fused-ring (bicyclic) bond motifs is 1. The Hall–Kier alpha value is -3.95. The van der Waals surface area contributed by atoms with Crippen LogP contribution in [0.5, 0.6) is 0 Å². The third-order valence-electron chi connectivity index (χ3n) is 7.67. The molecule has 212 valence electrons. The Labute approximate surface area is 234 Å². The van der Waals surface area contributed by atoms with Gasteiger partial charge in [-0.1, -0.05) is 12.8 Å². The number of nitrogens with one attached hydrogen (secondary N) is 1. The minimum absolute atomic E-state index is 0.0338. The molecule has 0 bridgehead atoms. The molecular formula is C30H38N6O4. The van der Waals surface area contributed by atoms with Crippen molar-refractivity contribution in [2.75, 3.05) is 36.4 Å². The number of aryl methyl sites for hydroxylation is 1. The molecule has 10 heteroatoms. The Morgan fingerprint density at radius 2 is 1.68 bits per heavy atom. The molecule has 40 heavy (non-hydrogen) atoms. The molecule has 1 N–H and O–H groups in total. The van der Waals surface area contributed by atoms with Crippen molar-refractivity contribution in [1.82, 2.24) is 19.4 Å². The van der Waals surface area contributed by atoms with Crippen molar-refractivity contribution in [3.05, 3.63) is 51.9 Å². The van der Waals surface area contributed by atoms with Crippen molar-refractivity contribution in [3.63, 3.8) is 0 Å². The first kappa shape index (κ1) is 27.6. The molecule has 1 aliphatic carbocycles. The number of amides is 1. The summed E-state index contributed by atoms with van der Waals surface area (Å²) in [6.45, 7) is 11.5. The smallest absolute Gasteiger partial charge is 0.410 e. The number of ether oxygens (including phenoxy) is 1. The third kappa shape index (κ3) is 5.66. The van der Waals surface area contributed by atoms with E-state index in [1.807, 2.05) is 45.0 Å². The van der Waals surface area contributed by atoms with Gasteiger partial charge in [0.25, 0.3) is 5.56 Å². The van der Waals surface area contributed by atoms with Gasteiger partial charge in [0, 0.05) is 55.2 Å². The monoisotopic (exact) mass is 546 g/mol. The summed E-state index contributed by atoms with van der Waals surface area (Å²) in [7, 11) is 0. The minimum atomic E-state index is -0.504. The van der Waals surface area contributed by atoms with Gasteiger partial charge < -0.3 is 19.9 Å². The van der Waals surface area contributed by atoms with Crippen molar-refractivity contribution < 1.29 is 14.3 Å². The number of carbonyl (C=O) groups excluding carboxylic acids is 2. The highest BCUT2D eigenvalue weighted by Gasteiger charge is 2.27. The van der Waals surface area contributed by atoms with Crippen LogP contribution in [-0.4, -0.2) is 63.1 Å². The summed E-state index contributed by atoms with van der Waals surface area (Å²) in [6.07, 6.45) is 5.34. The second kappa shape index (κ2) is 10.9. The van der Waals surface area contributed by atoms with E-state index in [1.165, 1.54) is 6.92 Å². The van der Waals surface area contributed by atoms with E-state index >= 15 is 0 Å². The Morgan fingerprint density at radius 1 is 1.02 bits per heavy atom. The highest BCUT2D eigenvalue weighted by molar-refractivity contribution is 5.99. The lowest BCUT2D eigenvalue weighted by molar-refractivity contribution is 0.0240. The second-order valence-electron chi connectivity index (χ2n) is 11.7. The zero-order chi connectivity index (χ0) is 28.6. The number of Topliss-reactive ketones (excluding diaryl/α,β-unsaturated/α-hetero) is 1. The van der Waals surface area contributed by atoms with Crippen LogP contribution in [0.3, 0.4) is 0 Å². The predicted octanol–water partition coefficient (Wildman–Crippen LogP) is 5.22. The lowest BCUT2D eigenvalue weighted by Crippen LogP contribution is -2.50. The summed E-state index contributed by atoms with van der Waals surface area (Å²) in [5.41, 5.74) is 2.55. The van der Waals surface area contributed by atoms with Crippen LogP contribution in [0.25, 0.3) is 11.0 Å². The average Bonchev–Trinajstić information content (AvgIpc) is 3.42. The van der Waals surface area contributed by atoms with Crippen molar-refractivity contribution in [2.24, 2.45) is 0 Å². The average molecular weight is 547 g/mol. The lowest BCUT2D eigenvalue weighted by Gasteiger charge is -2.36. The van der Waals surface area contributed by atoms with Gasteiger partial charge in [-0.2, -0.15) is 4.98 Å². The fraction of sp³-hybridized carbons (Fsp3) is 0.500. The number of pyridine rings is 1. The first-order valence-electron chi connectivity index (χ1n) is 14.0. The summed E-state index contributed by atoms with van der Waals surface area (Å²) < 4.78 is 7.22. The maximum atomic E-state index is 13.4. The Balaban J connectivity index is 1.33. The number of benzene rings is 1. The molecule has 1 aromatic carbocycles. The van der Waals surface area contributed by atoms with Gasteiger partial charge >= 0.3 is 6.09 Å². The molecule has 0 radical (unpaired) electrons. The number of piperazine rings is 1. The summed E-state index contributed by atoms with van der Waals surface area (Å²) in [6, 6.07) is 8.04. The Morgan fingerprint density at radius 3 is 2.27 bits per heavy atom. The number of rotatable bonds is 5. The largest absolute Gasteiger partial charge is 0.444 e. The molecule has 3 heterocycles. The fourth-order valence-corrected chi connectivity index (χ4v) is 5.67. The van der Waals surface area contributed by atoms with Crippen molar-refractivity contribution >= 4 is 40.2 Å². The Kier molecular flexibility index (Phi) is 7.53. The topological polar surface area (TPSA) is 110 Å². The third-order valence-corrected chi connectivity index (χ3v) is 7.67. The van der Waals surface area contributed by atoms with Crippen molar-refractivity contribution in [3.8, 4) is 0 Å². The maximum absolute atomic E-state index is 13.4. The Bertz CT molecular complexity index is 1480.